The van der Waals surface area contributed by atoms with Crippen molar-refractivity contribution in [3.05, 3.63) is 13.8 Å². The minimum Gasteiger partial charge on any atom is -0.103 e. The van der Waals surface area contributed by atoms with Crippen molar-refractivity contribution >= 4 is 0 Å². The Morgan fingerprint density at radius 1 is 0.552 bits per heavy atom. The monoisotopic (exact) mass is 402 g/mol. The summed E-state index contributed by atoms with van der Waals surface area (Å²) in [6, 6.07) is 0. The molecule has 0 heteroatoms. The lowest BCUT2D eigenvalue weighted by Crippen LogP contribution is -2.11. The summed E-state index contributed by atoms with van der Waals surface area (Å²) < 4.78 is 0. The van der Waals surface area contributed by atoms with E-state index < -0.39 is 0 Å². The summed E-state index contributed by atoms with van der Waals surface area (Å²) in [4.78, 5) is 0. The van der Waals surface area contributed by atoms with E-state index in [0.717, 1.165) is 37.5 Å². The van der Waals surface area contributed by atoms with E-state index in [1.807, 2.05) is 0 Å². The number of hydrogen-bond acceptors (Lipinski definition) is 0. The second-order valence-corrected chi connectivity index (χ2v) is 9.23. The molecule has 0 aromatic carbocycles. The Balaban J connectivity index is 3.66. The fraction of sp³-hybridized carbons (Fsp3) is 0.862. The molecule has 0 aromatic heterocycles. The SMILES string of the molecule is [CH2]CCCCCC#CCCCCCCC(CCCCCCCCC[CH2])C(C)CC. The first-order valence-corrected chi connectivity index (χ1v) is 13.3. The van der Waals surface area contributed by atoms with E-state index in [0.29, 0.717) is 0 Å². The third kappa shape index (κ3) is 20.6. The summed E-state index contributed by atoms with van der Waals surface area (Å²) in [5, 5.41) is 0. The largest absolute Gasteiger partial charge is 0.103 e. The Morgan fingerprint density at radius 3 is 1.38 bits per heavy atom. The zero-order valence-corrected chi connectivity index (χ0v) is 20.4. The van der Waals surface area contributed by atoms with Gasteiger partial charge in [-0.3, -0.25) is 0 Å². The molecular weight excluding hydrogens is 348 g/mol. The van der Waals surface area contributed by atoms with Crippen LogP contribution in [-0.2, 0) is 0 Å². The zero-order chi connectivity index (χ0) is 21.4. The summed E-state index contributed by atoms with van der Waals surface area (Å²) in [5.74, 6) is 8.59. The lowest BCUT2D eigenvalue weighted by molar-refractivity contribution is 0.288. The smallest absolute Gasteiger partial charge is 0.00886 e. The molecule has 0 aromatic rings. The maximum Gasteiger partial charge on any atom is 0.00886 e. The predicted molar refractivity (Wildman–Crippen MR) is 134 cm³/mol. The lowest BCUT2D eigenvalue weighted by Gasteiger charge is -2.23. The Hall–Kier alpha value is -0.440. The van der Waals surface area contributed by atoms with E-state index in [1.165, 1.54) is 109 Å². The maximum absolute atomic E-state index is 3.93. The van der Waals surface area contributed by atoms with E-state index in [2.05, 4.69) is 39.5 Å². The summed E-state index contributed by atoms with van der Waals surface area (Å²) in [6.07, 6.45) is 27.9. The molecule has 29 heavy (non-hydrogen) atoms. The van der Waals surface area contributed by atoms with Crippen molar-refractivity contribution in [1.29, 1.82) is 0 Å². The fourth-order valence-electron chi connectivity index (χ4n) is 4.23. The summed E-state index contributed by atoms with van der Waals surface area (Å²) >= 11 is 0. The van der Waals surface area contributed by atoms with E-state index in [1.54, 1.807) is 0 Å². The van der Waals surface area contributed by atoms with Crippen LogP contribution in [0.5, 0.6) is 0 Å². The molecule has 0 bridgehead atoms. The van der Waals surface area contributed by atoms with Gasteiger partial charge in [-0.25, -0.2) is 0 Å². The average molecular weight is 403 g/mol. The van der Waals surface area contributed by atoms with Crippen molar-refractivity contribution in [3.63, 3.8) is 0 Å². The van der Waals surface area contributed by atoms with Crippen LogP contribution in [0, 0.1) is 37.5 Å². The minimum absolute atomic E-state index is 0.904. The van der Waals surface area contributed by atoms with Crippen LogP contribution in [-0.4, -0.2) is 0 Å². The highest BCUT2D eigenvalue weighted by Crippen LogP contribution is 2.27. The van der Waals surface area contributed by atoms with Crippen LogP contribution in [0.3, 0.4) is 0 Å². The second kappa shape index (κ2) is 23.8. The van der Waals surface area contributed by atoms with E-state index >= 15 is 0 Å². The van der Waals surface area contributed by atoms with Crippen LogP contribution in [0.2, 0.25) is 0 Å². The molecule has 170 valence electrons. The third-order valence-corrected chi connectivity index (χ3v) is 6.58. The van der Waals surface area contributed by atoms with Crippen molar-refractivity contribution < 1.29 is 0 Å². The van der Waals surface area contributed by atoms with Gasteiger partial charge in [0.1, 0.15) is 0 Å². The fourth-order valence-corrected chi connectivity index (χ4v) is 4.23. The minimum atomic E-state index is 0.904. The van der Waals surface area contributed by atoms with Gasteiger partial charge in [-0.1, -0.05) is 137 Å². The van der Waals surface area contributed by atoms with Crippen LogP contribution in [0.4, 0.5) is 0 Å². The van der Waals surface area contributed by atoms with E-state index in [9.17, 15) is 0 Å². The highest BCUT2D eigenvalue weighted by atomic mass is 14.2. The Morgan fingerprint density at radius 2 is 0.931 bits per heavy atom. The zero-order valence-electron chi connectivity index (χ0n) is 20.4. The maximum atomic E-state index is 3.93. The van der Waals surface area contributed by atoms with Crippen molar-refractivity contribution in [2.75, 3.05) is 0 Å². The molecule has 0 N–H and O–H groups in total. The van der Waals surface area contributed by atoms with Crippen LogP contribution < -0.4 is 0 Å². The van der Waals surface area contributed by atoms with Crippen LogP contribution in [0.1, 0.15) is 149 Å². The van der Waals surface area contributed by atoms with Gasteiger partial charge in [0.05, 0.1) is 0 Å². The molecule has 0 nitrogen and oxygen atoms in total. The van der Waals surface area contributed by atoms with Crippen molar-refractivity contribution in [3.8, 4) is 11.8 Å². The quantitative estimate of drug-likeness (QED) is 0.132. The standard InChI is InChI=1S/C29H54/c1-5-8-10-12-14-16-17-18-19-21-23-25-27-29(28(4)7-3)26-24-22-20-15-13-11-9-6-2/h28-29H,1-2,5-15,18-27H2,3-4H3. The van der Waals surface area contributed by atoms with Gasteiger partial charge in [0.15, 0.2) is 0 Å². The summed E-state index contributed by atoms with van der Waals surface area (Å²) in [6.45, 7) is 12.7. The highest BCUT2D eigenvalue weighted by molar-refractivity contribution is 4.98. The lowest BCUT2D eigenvalue weighted by atomic mass is 9.83. The van der Waals surface area contributed by atoms with Gasteiger partial charge in [-0.2, -0.15) is 0 Å². The molecule has 0 aliphatic carbocycles. The molecule has 0 amide bonds. The molecule has 0 spiro atoms. The molecule has 2 atom stereocenters. The van der Waals surface area contributed by atoms with Crippen molar-refractivity contribution in [2.24, 2.45) is 11.8 Å². The molecule has 0 rings (SSSR count). The van der Waals surface area contributed by atoms with Gasteiger partial charge in [-0.05, 0) is 24.7 Å². The third-order valence-electron chi connectivity index (χ3n) is 6.58. The van der Waals surface area contributed by atoms with E-state index in [-0.39, 0.29) is 0 Å². The van der Waals surface area contributed by atoms with Gasteiger partial charge in [0.2, 0.25) is 0 Å². The highest BCUT2D eigenvalue weighted by Gasteiger charge is 2.14. The first kappa shape index (κ1) is 28.6. The second-order valence-electron chi connectivity index (χ2n) is 9.23. The summed E-state index contributed by atoms with van der Waals surface area (Å²) in [5.41, 5.74) is 0. The molecule has 2 radical (unpaired) electrons. The first-order valence-electron chi connectivity index (χ1n) is 13.3. The van der Waals surface area contributed by atoms with Crippen molar-refractivity contribution in [1.82, 2.24) is 0 Å². The van der Waals surface area contributed by atoms with Gasteiger partial charge >= 0.3 is 0 Å². The van der Waals surface area contributed by atoms with Gasteiger partial charge in [-0.15, -0.1) is 11.8 Å². The molecule has 0 heterocycles. The molecule has 0 fully saturated rings. The average Bonchev–Trinajstić information content (AvgIpc) is 2.74. The van der Waals surface area contributed by atoms with Crippen LogP contribution in [0.15, 0.2) is 0 Å². The number of unbranched alkanes of at least 4 members (excludes halogenated alkanes) is 15. The number of hydrogen-bond donors (Lipinski definition) is 0. The molecule has 0 aliphatic rings. The van der Waals surface area contributed by atoms with Crippen LogP contribution in [0.25, 0.3) is 0 Å². The molecule has 0 aliphatic heterocycles. The van der Waals surface area contributed by atoms with Crippen molar-refractivity contribution in [2.45, 2.75) is 149 Å². The van der Waals surface area contributed by atoms with Crippen LogP contribution >= 0.6 is 0 Å². The normalized spacial score (nSPS) is 13.1. The molecule has 2 unspecified atom stereocenters. The van der Waals surface area contributed by atoms with Gasteiger partial charge < -0.3 is 0 Å². The Bertz CT molecular complexity index is 358. The predicted octanol–water partition coefficient (Wildman–Crippen LogP) is 10.1. The van der Waals surface area contributed by atoms with Gasteiger partial charge in [0.25, 0.3) is 0 Å². The topological polar surface area (TPSA) is 0 Å². The molecule has 0 saturated carbocycles. The number of rotatable bonds is 21. The van der Waals surface area contributed by atoms with E-state index in [4.69, 9.17) is 0 Å². The van der Waals surface area contributed by atoms with Gasteiger partial charge in [0, 0.05) is 12.8 Å². The molecule has 0 saturated heterocycles. The molecular formula is C29H54. The Labute approximate surface area is 186 Å². The summed E-state index contributed by atoms with van der Waals surface area (Å²) in [7, 11) is 0. The Kier molecular flexibility index (Phi) is 23.5. The first-order chi connectivity index (χ1) is 14.3.